The van der Waals surface area contributed by atoms with Crippen molar-refractivity contribution in [3.8, 4) is 0 Å². The number of fused-ring (bicyclic) bond motifs is 1. The Morgan fingerprint density at radius 2 is 2.00 bits per heavy atom. The standard InChI is InChI=1S/C17H26N4/c1-14(13-21-10-8-20(2)9-11-21)19-12-15-4-3-5-17-16(15)6-7-18-17/h3-7,14,18-19H,8-13H2,1-2H3. The number of aromatic nitrogens is 1. The third kappa shape index (κ3) is 3.64. The summed E-state index contributed by atoms with van der Waals surface area (Å²) in [5.74, 6) is 0. The van der Waals surface area contributed by atoms with E-state index in [0.717, 1.165) is 13.1 Å². The van der Waals surface area contributed by atoms with E-state index in [9.17, 15) is 0 Å². The molecule has 1 aromatic carbocycles. The van der Waals surface area contributed by atoms with Gasteiger partial charge in [0.2, 0.25) is 0 Å². The van der Waals surface area contributed by atoms with Crippen molar-refractivity contribution < 1.29 is 0 Å². The molecule has 2 aromatic rings. The number of rotatable bonds is 5. The van der Waals surface area contributed by atoms with E-state index >= 15 is 0 Å². The summed E-state index contributed by atoms with van der Waals surface area (Å²) in [6, 6.07) is 9.15. The van der Waals surface area contributed by atoms with Crippen LogP contribution in [0.2, 0.25) is 0 Å². The summed E-state index contributed by atoms with van der Waals surface area (Å²) in [6.07, 6.45) is 2.02. The molecular weight excluding hydrogens is 260 g/mol. The van der Waals surface area contributed by atoms with Crippen LogP contribution in [-0.4, -0.2) is 60.6 Å². The van der Waals surface area contributed by atoms with Crippen molar-refractivity contribution in [2.24, 2.45) is 0 Å². The number of nitrogens with zero attached hydrogens (tertiary/aromatic N) is 2. The Labute approximate surface area is 127 Å². The largest absolute Gasteiger partial charge is 0.361 e. The number of aromatic amines is 1. The normalized spacial score (nSPS) is 19.1. The van der Waals surface area contributed by atoms with Crippen LogP contribution in [0.1, 0.15) is 12.5 Å². The van der Waals surface area contributed by atoms with E-state index in [0.29, 0.717) is 6.04 Å². The number of nitrogens with one attached hydrogen (secondary N) is 2. The predicted octanol–water partition coefficient (Wildman–Crippen LogP) is 1.89. The molecule has 0 radical (unpaired) electrons. The van der Waals surface area contributed by atoms with Crippen molar-refractivity contribution >= 4 is 10.9 Å². The van der Waals surface area contributed by atoms with Crippen LogP contribution in [0.4, 0.5) is 0 Å². The van der Waals surface area contributed by atoms with E-state index < -0.39 is 0 Å². The van der Waals surface area contributed by atoms with Gasteiger partial charge in [0.15, 0.2) is 0 Å². The quantitative estimate of drug-likeness (QED) is 0.881. The monoisotopic (exact) mass is 286 g/mol. The zero-order valence-electron chi connectivity index (χ0n) is 13.1. The Balaban J connectivity index is 1.51. The molecule has 0 amide bonds. The van der Waals surface area contributed by atoms with Crippen LogP contribution in [-0.2, 0) is 6.54 Å². The molecule has 2 heterocycles. The Morgan fingerprint density at radius 3 is 2.81 bits per heavy atom. The minimum atomic E-state index is 0.516. The molecular formula is C17H26N4. The maximum Gasteiger partial charge on any atom is 0.0457 e. The van der Waals surface area contributed by atoms with Crippen LogP contribution < -0.4 is 5.32 Å². The maximum atomic E-state index is 3.67. The predicted molar refractivity (Wildman–Crippen MR) is 88.5 cm³/mol. The van der Waals surface area contributed by atoms with Gasteiger partial charge in [0.25, 0.3) is 0 Å². The summed E-state index contributed by atoms with van der Waals surface area (Å²) in [5.41, 5.74) is 2.60. The van der Waals surface area contributed by atoms with E-state index in [1.54, 1.807) is 0 Å². The lowest BCUT2D eigenvalue weighted by Crippen LogP contribution is -2.48. The molecule has 2 N–H and O–H groups in total. The number of benzene rings is 1. The Bertz CT molecular complexity index is 569. The van der Waals surface area contributed by atoms with Crippen molar-refractivity contribution in [2.75, 3.05) is 39.8 Å². The highest BCUT2D eigenvalue weighted by molar-refractivity contribution is 5.82. The van der Waals surface area contributed by atoms with Crippen LogP contribution in [0.5, 0.6) is 0 Å². The molecule has 0 aliphatic carbocycles. The molecule has 1 aliphatic rings. The molecule has 0 saturated carbocycles. The van der Waals surface area contributed by atoms with Gasteiger partial charge in [-0.25, -0.2) is 0 Å². The summed E-state index contributed by atoms with van der Waals surface area (Å²) >= 11 is 0. The van der Waals surface area contributed by atoms with Crippen molar-refractivity contribution in [3.63, 3.8) is 0 Å². The van der Waals surface area contributed by atoms with E-state index in [1.165, 1.54) is 42.6 Å². The van der Waals surface area contributed by atoms with Crippen molar-refractivity contribution in [1.82, 2.24) is 20.1 Å². The summed E-state index contributed by atoms with van der Waals surface area (Å²) in [4.78, 5) is 8.24. The van der Waals surface area contributed by atoms with E-state index in [1.807, 2.05) is 6.20 Å². The lowest BCUT2D eigenvalue weighted by atomic mass is 10.1. The van der Waals surface area contributed by atoms with Crippen LogP contribution in [0, 0.1) is 0 Å². The molecule has 1 unspecified atom stereocenters. The van der Waals surface area contributed by atoms with Gasteiger partial charge in [0.1, 0.15) is 0 Å². The molecule has 3 rings (SSSR count). The fraction of sp³-hybridized carbons (Fsp3) is 0.529. The molecule has 114 valence electrons. The zero-order valence-corrected chi connectivity index (χ0v) is 13.1. The first-order chi connectivity index (χ1) is 10.2. The zero-order chi connectivity index (χ0) is 14.7. The molecule has 0 spiro atoms. The third-order valence-corrected chi connectivity index (χ3v) is 4.45. The van der Waals surface area contributed by atoms with Gasteiger partial charge in [0, 0.05) is 62.4 Å². The summed E-state index contributed by atoms with van der Waals surface area (Å²) < 4.78 is 0. The maximum absolute atomic E-state index is 3.67. The second-order valence-electron chi connectivity index (χ2n) is 6.24. The lowest BCUT2D eigenvalue weighted by Gasteiger charge is -2.34. The second kappa shape index (κ2) is 6.60. The molecule has 21 heavy (non-hydrogen) atoms. The first kappa shape index (κ1) is 14.6. The average molecular weight is 286 g/mol. The van der Waals surface area contributed by atoms with Crippen molar-refractivity contribution in [2.45, 2.75) is 19.5 Å². The Hall–Kier alpha value is -1.36. The Morgan fingerprint density at radius 1 is 1.19 bits per heavy atom. The van der Waals surface area contributed by atoms with Crippen molar-refractivity contribution in [1.29, 1.82) is 0 Å². The first-order valence-corrected chi connectivity index (χ1v) is 7.91. The van der Waals surface area contributed by atoms with Crippen LogP contribution in [0.15, 0.2) is 30.5 Å². The van der Waals surface area contributed by atoms with Gasteiger partial charge >= 0.3 is 0 Å². The average Bonchev–Trinajstić information content (AvgIpc) is 2.96. The second-order valence-corrected chi connectivity index (χ2v) is 6.24. The van der Waals surface area contributed by atoms with E-state index in [-0.39, 0.29) is 0 Å². The molecule has 1 aromatic heterocycles. The highest BCUT2D eigenvalue weighted by Gasteiger charge is 2.15. The van der Waals surface area contributed by atoms with Gasteiger partial charge < -0.3 is 15.2 Å². The minimum Gasteiger partial charge on any atom is -0.361 e. The molecule has 1 atom stereocenters. The number of hydrogen-bond acceptors (Lipinski definition) is 3. The number of likely N-dealkylation sites (N-methyl/N-ethyl adjacent to an activating group) is 1. The number of hydrogen-bond donors (Lipinski definition) is 2. The molecule has 4 nitrogen and oxygen atoms in total. The Kier molecular flexibility index (Phi) is 4.58. The summed E-state index contributed by atoms with van der Waals surface area (Å²) in [7, 11) is 2.20. The highest BCUT2D eigenvalue weighted by atomic mass is 15.3. The smallest absolute Gasteiger partial charge is 0.0457 e. The van der Waals surface area contributed by atoms with Gasteiger partial charge in [-0.15, -0.1) is 0 Å². The van der Waals surface area contributed by atoms with Gasteiger partial charge in [-0.1, -0.05) is 12.1 Å². The van der Waals surface area contributed by atoms with Crippen molar-refractivity contribution in [3.05, 3.63) is 36.0 Å². The number of H-pyrrole nitrogens is 1. The van der Waals surface area contributed by atoms with E-state index in [4.69, 9.17) is 0 Å². The summed E-state index contributed by atoms with van der Waals surface area (Å²) in [5, 5.41) is 5.00. The van der Waals surface area contributed by atoms with Gasteiger partial charge in [0.05, 0.1) is 0 Å². The van der Waals surface area contributed by atoms with Gasteiger partial charge in [-0.2, -0.15) is 0 Å². The van der Waals surface area contributed by atoms with Crippen LogP contribution in [0.25, 0.3) is 10.9 Å². The fourth-order valence-corrected chi connectivity index (χ4v) is 3.07. The molecule has 1 fully saturated rings. The topological polar surface area (TPSA) is 34.3 Å². The lowest BCUT2D eigenvalue weighted by molar-refractivity contribution is 0.144. The molecule has 0 bridgehead atoms. The van der Waals surface area contributed by atoms with Gasteiger partial charge in [-0.05, 0) is 31.7 Å². The number of piperazine rings is 1. The van der Waals surface area contributed by atoms with E-state index in [2.05, 4.69) is 58.3 Å². The van der Waals surface area contributed by atoms with Crippen LogP contribution in [0.3, 0.4) is 0 Å². The summed E-state index contributed by atoms with van der Waals surface area (Å²) in [6.45, 7) is 9.12. The molecule has 4 heteroatoms. The van der Waals surface area contributed by atoms with Gasteiger partial charge in [-0.3, -0.25) is 4.90 Å². The van der Waals surface area contributed by atoms with Crippen LogP contribution >= 0.6 is 0 Å². The minimum absolute atomic E-state index is 0.516. The fourth-order valence-electron chi connectivity index (χ4n) is 3.07. The highest BCUT2D eigenvalue weighted by Crippen LogP contribution is 2.17. The SMILES string of the molecule is CC(CN1CCN(C)CC1)NCc1cccc2[nH]ccc12. The first-order valence-electron chi connectivity index (χ1n) is 7.91. The third-order valence-electron chi connectivity index (χ3n) is 4.45. The molecule has 1 saturated heterocycles. The molecule has 1 aliphatic heterocycles.